The molecule has 2 aromatic rings. The largest absolute Gasteiger partial charge is 0.489 e. The van der Waals surface area contributed by atoms with Crippen LogP contribution in [-0.4, -0.2) is 19.5 Å². The molecule has 24 heavy (non-hydrogen) atoms. The van der Waals surface area contributed by atoms with Crippen LogP contribution in [0.1, 0.15) is 5.56 Å². The van der Waals surface area contributed by atoms with Crippen molar-refractivity contribution >= 4 is 29.3 Å². The van der Waals surface area contributed by atoms with Crippen LogP contribution in [0.15, 0.2) is 35.3 Å². The number of nitrogens with one attached hydrogen (secondary N) is 2. The summed E-state index contributed by atoms with van der Waals surface area (Å²) in [6.07, 6.45) is 1.45. The molecule has 0 spiro atoms. The highest BCUT2D eigenvalue weighted by Crippen LogP contribution is 2.44. The number of fused-ring (bicyclic) bond motifs is 3. The second-order valence-corrected chi connectivity index (χ2v) is 5.82. The Bertz CT molecular complexity index is 845. The van der Waals surface area contributed by atoms with E-state index in [4.69, 9.17) is 26.8 Å². The third kappa shape index (κ3) is 2.42. The molecule has 6 nitrogen and oxygen atoms in total. The van der Waals surface area contributed by atoms with Gasteiger partial charge in [-0.05, 0) is 24.3 Å². The van der Waals surface area contributed by atoms with Gasteiger partial charge in [0.05, 0.1) is 22.7 Å². The van der Waals surface area contributed by atoms with Crippen LogP contribution in [0.5, 0.6) is 11.5 Å². The van der Waals surface area contributed by atoms with Crippen LogP contribution in [0.3, 0.4) is 0 Å². The molecule has 1 atom stereocenters. The lowest BCUT2D eigenvalue weighted by molar-refractivity contribution is 0.0798. The van der Waals surface area contributed by atoms with Crippen molar-refractivity contribution in [3.8, 4) is 11.5 Å². The Kier molecular flexibility index (Phi) is 3.47. The summed E-state index contributed by atoms with van der Waals surface area (Å²) >= 11 is 5.81. The highest BCUT2D eigenvalue weighted by Gasteiger charge is 2.39. The molecule has 2 aromatic carbocycles. The summed E-state index contributed by atoms with van der Waals surface area (Å²) in [6, 6.07) is 7.78. The molecule has 2 heterocycles. The Hall–Kier alpha value is -2.51. The third-order valence-electron chi connectivity index (χ3n) is 3.82. The molecule has 4 N–H and O–H groups in total. The van der Waals surface area contributed by atoms with Crippen LogP contribution in [0.25, 0.3) is 0 Å². The van der Waals surface area contributed by atoms with E-state index in [0.29, 0.717) is 30.2 Å². The highest BCUT2D eigenvalue weighted by atomic mass is 35.5. The average molecular weight is 349 g/mol. The molecule has 0 saturated carbocycles. The fourth-order valence-electron chi connectivity index (χ4n) is 2.75. The van der Waals surface area contributed by atoms with E-state index in [1.807, 2.05) is 12.1 Å². The Morgan fingerprint density at radius 2 is 2.12 bits per heavy atom. The number of nitrogens with zero attached hydrogens (tertiary/aromatic N) is 1. The molecule has 0 bridgehead atoms. The van der Waals surface area contributed by atoms with Crippen LogP contribution in [0.2, 0.25) is 5.02 Å². The lowest BCUT2D eigenvalue weighted by Crippen LogP contribution is -2.44. The van der Waals surface area contributed by atoms with Gasteiger partial charge in [-0.15, -0.1) is 0 Å². The first-order valence-corrected chi connectivity index (χ1v) is 7.72. The van der Waals surface area contributed by atoms with Gasteiger partial charge in [0, 0.05) is 12.6 Å². The Labute approximate surface area is 142 Å². The zero-order valence-electron chi connectivity index (χ0n) is 12.5. The van der Waals surface area contributed by atoms with E-state index in [0.717, 1.165) is 11.4 Å². The topological polar surface area (TPSA) is 80.9 Å². The Morgan fingerprint density at radius 3 is 2.96 bits per heavy atom. The maximum Gasteiger partial charge on any atom is 0.289 e. The quantitative estimate of drug-likeness (QED) is 0.727. The molecule has 8 heteroatoms. The van der Waals surface area contributed by atoms with Crippen molar-refractivity contribution in [2.24, 2.45) is 10.7 Å². The molecule has 2 aliphatic rings. The number of halogens is 2. The number of ether oxygens (including phenoxy) is 2. The van der Waals surface area contributed by atoms with Gasteiger partial charge < -0.3 is 20.1 Å². The standard InChI is InChI=1S/C16H14ClFN4O2/c17-10-7-9(1-2-11(10)18)24-16(19)14-12(21-8-22-16)3-4-13-15(14)23-6-5-20-13/h1-4,7-8,20H,5-6,19H2,(H,21,22). The van der Waals surface area contributed by atoms with Crippen LogP contribution < -0.4 is 25.8 Å². The van der Waals surface area contributed by atoms with Crippen molar-refractivity contribution in [3.63, 3.8) is 0 Å². The molecule has 0 saturated heterocycles. The molecular weight excluding hydrogens is 335 g/mol. The van der Waals surface area contributed by atoms with Gasteiger partial charge in [0.15, 0.2) is 5.75 Å². The average Bonchev–Trinajstić information content (AvgIpc) is 2.58. The number of rotatable bonds is 2. The minimum absolute atomic E-state index is 0.0535. The number of hydrogen-bond donors (Lipinski definition) is 3. The minimum atomic E-state index is -1.52. The fourth-order valence-corrected chi connectivity index (χ4v) is 2.92. The van der Waals surface area contributed by atoms with E-state index in [-0.39, 0.29) is 5.02 Å². The van der Waals surface area contributed by atoms with Gasteiger partial charge >= 0.3 is 0 Å². The number of aliphatic imine (C=N–C) groups is 1. The van der Waals surface area contributed by atoms with E-state index in [1.54, 1.807) is 0 Å². The number of benzene rings is 2. The highest BCUT2D eigenvalue weighted by molar-refractivity contribution is 6.30. The lowest BCUT2D eigenvalue weighted by atomic mass is 10.0. The summed E-state index contributed by atoms with van der Waals surface area (Å²) in [4.78, 5) is 4.23. The van der Waals surface area contributed by atoms with Crippen molar-refractivity contribution in [1.82, 2.24) is 0 Å². The van der Waals surface area contributed by atoms with E-state index >= 15 is 0 Å². The van der Waals surface area contributed by atoms with Gasteiger partial charge in [-0.3, -0.25) is 5.73 Å². The number of anilines is 2. The zero-order chi connectivity index (χ0) is 16.7. The predicted molar refractivity (Wildman–Crippen MR) is 90.4 cm³/mol. The molecule has 0 aromatic heterocycles. The van der Waals surface area contributed by atoms with Crippen molar-refractivity contribution in [2.45, 2.75) is 5.85 Å². The van der Waals surface area contributed by atoms with Crippen molar-refractivity contribution < 1.29 is 13.9 Å². The maximum atomic E-state index is 13.4. The zero-order valence-corrected chi connectivity index (χ0v) is 13.2. The fraction of sp³-hybridized carbons (Fsp3) is 0.188. The summed E-state index contributed by atoms with van der Waals surface area (Å²) < 4.78 is 25.0. The molecule has 0 fully saturated rings. The summed E-state index contributed by atoms with van der Waals surface area (Å²) in [5.41, 5.74) is 8.51. The molecule has 1 unspecified atom stereocenters. The van der Waals surface area contributed by atoms with Crippen LogP contribution in [0.4, 0.5) is 15.8 Å². The first-order valence-electron chi connectivity index (χ1n) is 7.34. The molecule has 124 valence electrons. The van der Waals surface area contributed by atoms with E-state index in [2.05, 4.69) is 15.6 Å². The minimum Gasteiger partial charge on any atom is -0.489 e. The SMILES string of the molecule is NC1(Oc2ccc(F)c(Cl)c2)N=CNc2ccc3c(c21)OCCN3. The van der Waals surface area contributed by atoms with Gasteiger partial charge in [-0.1, -0.05) is 11.6 Å². The summed E-state index contributed by atoms with van der Waals surface area (Å²) in [7, 11) is 0. The van der Waals surface area contributed by atoms with Gasteiger partial charge in [0.25, 0.3) is 5.85 Å². The second-order valence-electron chi connectivity index (χ2n) is 5.42. The van der Waals surface area contributed by atoms with Crippen molar-refractivity contribution in [2.75, 3.05) is 23.8 Å². The normalized spacial score (nSPS) is 21.0. The van der Waals surface area contributed by atoms with Gasteiger partial charge in [-0.2, -0.15) is 0 Å². The van der Waals surface area contributed by atoms with E-state index < -0.39 is 11.7 Å². The van der Waals surface area contributed by atoms with Crippen LogP contribution >= 0.6 is 11.6 Å². The summed E-state index contributed by atoms with van der Waals surface area (Å²) in [6.45, 7) is 1.21. The van der Waals surface area contributed by atoms with Crippen molar-refractivity contribution in [3.05, 3.63) is 46.7 Å². The molecule has 2 aliphatic heterocycles. The number of nitrogens with two attached hydrogens (primary N) is 1. The molecule has 0 amide bonds. The van der Waals surface area contributed by atoms with Gasteiger partial charge in [0.2, 0.25) is 0 Å². The summed E-state index contributed by atoms with van der Waals surface area (Å²) in [5.74, 6) is -1.17. The number of hydrogen-bond acceptors (Lipinski definition) is 6. The van der Waals surface area contributed by atoms with E-state index in [1.165, 1.54) is 24.5 Å². The Balaban J connectivity index is 1.79. The van der Waals surface area contributed by atoms with Gasteiger partial charge in [0.1, 0.15) is 23.7 Å². The van der Waals surface area contributed by atoms with Crippen LogP contribution in [-0.2, 0) is 5.85 Å². The smallest absolute Gasteiger partial charge is 0.289 e. The molecular formula is C16H14ClFN4O2. The second kappa shape index (κ2) is 5.54. The summed E-state index contributed by atoms with van der Waals surface area (Å²) in [5, 5.41) is 6.22. The third-order valence-corrected chi connectivity index (χ3v) is 4.11. The van der Waals surface area contributed by atoms with E-state index in [9.17, 15) is 4.39 Å². The predicted octanol–water partition coefficient (Wildman–Crippen LogP) is 2.89. The molecule has 0 aliphatic carbocycles. The first kappa shape index (κ1) is 15.0. The van der Waals surface area contributed by atoms with Crippen molar-refractivity contribution in [1.29, 1.82) is 0 Å². The lowest BCUT2D eigenvalue weighted by Gasteiger charge is -2.34. The first-order chi connectivity index (χ1) is 11.6. The maximum absolute atomic E-state index is 13.4. The monoisotopic (exact) mass is 348 g/mol. The van der Waals surface area contributed by atoms with Crippen LogP contribution in [0, 0.1) is 5.82 Å². The molecule has 0 radical (unpaired) electrons. The Morgan fingerprint density at radius 1 is 1.29 bits per heavy atom. The molecule has 4 rings (SSSR count). The van der Waals surface area contributed by atoms with Gasteiger partial charge in [-0.25, -0.2) is 9.38 Å².